The molecule has 30 heavy (non-hydrogen) atoms. The molecule has 1 unspecified atom stereocenters. The molecule has 0 aliphatic carbocycles. The predicted octanol–water partition coefficient (Wildman–Crippen LogP) is 4.96. The maximum atomic E-state index is 13.5. The first-order valence-corrected chi connectivity index (χ1v) is 10.2. The Morgan fingerprint density at radius 1 is 1.27 bits per heavy atom. The van der Waals surface area contributed by atoms with E-state index in [0.29, 0.717) is 29.4 Å². The van der Waals surface area contributed by atoms with Gasteiger partial charge in [-0.05, 0) is 55.7 Å². The van der Waals surface area contributed by atoms with Gasteiger partial charge in [0.05, 0.1) is 17.8 Å². The number of hydrogen-bond acceptors (Lipinski definition) is 4. The number of aryl methyl sites for hydroxylation is 1. The molecule has 3 aromatic rings. The van der Waals surface area contributed by atoms with Crippen molar-refractivity contribution in [2.24, 2.45) is 4.99 Å². The summed E-state index contributed by atoms with van der Waals surface area (Å²) >= 11 is 6.04. The van der Waals surface area contributed by atoms with Gasteiger partial charge >= 0.3 is 12.0 Å². The molecule has 4 rings (SSSR count). The predicted molar refractivity (Wildman–Crippen MR) is 119 cm³/mol. The molecule has 1 aromatic heterocycles. The van der Waals surface area contributed by atoms with Crippen LogP contribution in [0.4, 0.5) is 10.5 Å². The van der Waals surface area contributed by atoms with Crippen LogP contribution >= 0.6 is 11.6 Å². The monoisotopic (exact) mass is 423 g/mol. The molecule has 1 aliphatic heterocycles. The molecule has 0 fully saturated rings. The van der Waals surface area contributed by atoms with Crippen LogP contribution in [-0.2, 0) is 16.0 Å². The molecule has 1 aliphatic rings. The molecular formula is C23H22ClN3O3. The van der Waals surface area contributed by atoms with Gasteiger partial charge in [0.2, 0.25) is 0 Å². The maximum absolute atomic E-state index is 13.5. The number of ether oxygens (including phenoxy) is 1. The van der Waals surface area contributed by atoms with Crippen LogP contribution in [0.3, 0.4) is 0 Å². The van der Waals surface area contributed by atoms with Gasteiger partial charge in [-0.25, -0.2) is 4.79 Å². The maximum Gasteiger partial charge on any atom is 0.330 e. The summed E-state index contributed by atoms with van der Waals surface area (Å²) in [4.78, 5) is 30.6. The Morgan fingerprint density at radius 3 is 2.83 bits per heavy atom. The van der Waals surface area contributed by atoms with Gasteiger partial charge in [0, 0.05) is 28.9 Å². The molecule has 0 radical (unpaired) electrons. The number of nitrogens with zero attached hydrogens (tertiary/aromatic N) is 2. The molecule has 2 aromatic carbocycles. The average Bonchev–Trinajstić information content (AvgIpc) is 2.88. The second-order valence-corrected chi connectivity index (χ2v) is 7.58. The number of aromatic nitrogens is 1. The molecule has 1 N–H and O–H groups in total. The van der Waals surface area contributed by atoms with Gasteiger partial charge in [0.25, 0.3) is 0 Å². The van der Waals surface area contributed by atoms with E-state index in [2.05, 4.69) is 10.3 Å². The van der Waals surface area contributed by atoms with Gasteiger partial charge in [0.1, 0.15) is 5.92 Å². The van der Waals surface area contributed by atoms with Crippen molar-refractivity contribution in [2.45, 2.75) is 26.2 Å². The smallest absolute Gasteiger partial charge is 0.330 e. The lowest BCUT2D eigenvalue weighted by atomic mass is 10.00. The summed E-state index contributed by atoms with van der Waals surface area (Å²) in [5.74, 6) is -1.16. The minimum absolute atomic E-state index is 0.259. The number of carbonyl (C=O) groups excluding carboxylic acids is 2. The Balaban J connectivity index is 1.87. The zero-order valence-electron chi connectivity index (χ0n) is 16.8. The zero-order chi connectivity index (χ0) is 21.3. The summed E-state index contributed by atoms with van der Waals surface area (Å²) < 4.78 is 6.87. The molecule has 6 nitrogen and oxygen atoms in total. The number of hydrogen-bond donors (Lipinski definition) is 1. The molecule has 0 spiro atoms. The Bertz CT molecular complexity index is 1170. The third-order valence-electron chi connectivity index (χ3n) is 5.23. The molecule has 0 saturated carbocycles. The fourth-order valence-electron chi connectivity index (χ4n) is 3.90. The van der Waals surface area contributed by atoms with E-state index in [9.17, 15) is 9.59 Å². The van der Waals surface area contributed by atoms with E-state index in [0.717, 1.165) is 22.0 Å². The number of carbonyl (C=O) groups is 2. The molecular weight excluding hydrogens is 402 g/mol. The van der Waals surface area contributed by atoms with Crippen LogP contribution in [0.15, 0.2) is 47.5 Å². The van der Waals surface area contributed by atoms with Gasteiger partial charge < -0.3 is 10.1 Å². The van der Waals surface area contributed by atoms with Gasteiger partial charge in [-0.3, -0.25) is 14.4 Å². The third-order valence-corrected chi connectivity index (χ3v) is 5.47. The molecule has 7 heteroatoms. The normalized spacial score (nSPS) is 15.5. The van der Waals surface area contributed by atoms with Crippen LogP contribution in [0.1, 0.15) is 29.7 Å². The van der Waals surface area contributed by atoms with E-state index in [1.54, 1.807) is 35.9 Å². The molecule has 1 atom stereocenters. The van der Waals surface area contributed by atoms with Crippen molar-refractivity contribution in [3.8, 4) is 0 Å². The van der Waals surface area contributed by atoms with E-state index >= 15 is 0 Å². The Hall–Kier alpha value is -3.12. The van der Waals surface area contributed by atoms with Crippen molar-refractivity contribution in [1.82, 2.24) is 4.57 Å². The first-order chi connectivity index (χ1) is 14.5. The number of amides is 1. The third kappa shape index (κ3) is 3.59. The van der Waals surface area contributed by atoms with Gasteiger partial charge in [-0.2, -0.15) is 0 Å². The molecule has 1 amide bonds. The molecule has 2 heterocycles. The van der Waals surface area contributed by atoms with E-state index in [4.69, 9.17) is 16.3 Å². The Morgan fingerprint density at radius 2 is 2.07 bits per heavy atom. The second kappa shape index (κ2) is 8.32. The fourth-order valence-corrected chi connectivity index (χ4v) is 4.13. The van der Waals surface area contributed by atoms with Gasteiger partial charge in [-0.1, -0.05) is 29.8 Å². The number of nitrogens with one attached hydrogen (secondary N) is 1. The van der Waals surface area contributed by atoms with Crippen LogP contribution in [0, 0.1) is 6.92 Å². The lowest BCUT2D eigenvalue weighted by molar-refractivity contribution is -0.143. The topological polar surface area (TPSA) is 72.7 Å². The Labute approximate surface area is 179 Å². The average molecular weight is 424 g/mol. The standard InChI is InChI=1S/C23H22ClN3O3/c1-3-30-22(28)18-13-25-11-10-17-16-6-4-5-7-20(16)27(21(17)18)23(29)26-19-9-8-15(24)12-14(19)2/h4-9,12-13,18H,3,10-11H2,1-2H3,(H,26,29). The number of para-hydroxylation sites is 1. The summed E-state index contributed by atoms with van der Waals surface area (Å²) in [6.07, 6.45) is 2.24. The number of rotatable bonds is 3. The lowest BCUT2D eigenvalue weighted by Crippen LogP contribution is -2.27. The SMILES string of the molecule is CCOC(=O)C1C=NCCc2c1n(C(=O)Nc1ccc(Cl)cc1C)c1ccccc21. The van der Waals surface area contributed by atoms with Crippen LogP contribution in [0.2, 0.25) is 5.02 Å². The summed E-state index contributed by atoms with van der Waals surface area (Å²) in [6.45, 7) is 4.45. The molecule has 0 saturated heterocycles. The fraction of sp³-hybridized carbons (Fsp3) is 0.261. The van der Waals surface area contributed by atoms with Crippen LogP contribution in [0.25, 0.3) is 10.9 Å². The number of benzene rings is 2. The van der Waals surface area contributed by atoms with Crippen molar-refractivity contribution in [1.29, 1.82) is 0 Å². The highest BCUT2D eigenvalue weighted by atomic mass is 35.5. The van der Waals surface area contributed by atoms with Crippen molar-refractivity contribution < 1.29 is 14.3 Å². The lowest BCUT2D eigenvalue weighted by Gasteiger charge is -2.17. The Kier molecular flexibility index (Phi) is 5.59. The first kappa shape index (κ1) is 20.2. The molecule has 0 bridgehead atoms. The van der Waals surface area contributed by atoms with Crippen molar-refractivity contribution in [2.75, 3.05) is 18.5 Å². The van der Waals surface area contributed by atoms with Crippen LogP contribution in [0.5, 0.6) is 0 Å². The number of aliphatic imine (C=N–C) groups is 1. The van der Waals surface area contributed by atoms with Crippen molar-refractivity contribution in [3.63, 3.8) is 0 Å². The number of halogens is 1. The highest BCUT2D eigenvalue weighted by Crippen LogP contribution is 2.34. The minimum atomic E-state index is -0.744. The number of fused-ring (bicyclic) bond motifs is 3. The summed E-state index contributed by atoms with van der Waals surface area (Å²) in [5.41, 5.74) is 3.81. The van der Waals surface area contributed by atoms with E-state index < -0.39 is 11.9 Å². The van der Waals surface area contributed by atoms with E-state index in [1.807, 2.05) is 31.2 Å². The highest BCUT2D eigenvalue weighted by molar-refractivity contribution is 6.30. The minimum Gasteiger partial charge on any atom is -0.465 e. The number of esters is 1. The van der Waals surface area contributed by atoms with Gasteiger partial charge in [0.15, 0.2) is 0 Å². The van der Waals surface area contributed by atoms with E-state index in [-0.39, 0.29) is 12.6 Å². The summed E-state index contributed by atoms with van der Waals surface area (Å²) in [6, 6.07) is 12.6. The van der Waals surface area contributed by atoms with Crippen LogP contribution < -0.4 is 5.32 Å². The second-order valence-electron chi connectivity index (χ2n) is 7.14. The summed E-state index contributed by atoms with van der Waals surface area (Å²) in [5, 5.41) is 4.50. The zero-order valence-corrected chi connectivity index (χ0v) is 17.6. The van der Waals surface area contributed by atoms with Crippen molar-refractivity contribution >= 4 is 46.4 Å². The molecule has 154 valence electrons. The summed E-state index contributed by atoms with van der Waals surface area (Å²) in [7, 11) is 0. The van der Waals surface area contributed by atoms with Crippen molar-refractivity contribution in [3.05, 3.63) is 64.3 Å². The quantitative estimate of drug-likeness (QED) is 0.605. The first-order valence-electron chi connectivity index (χ1n) is 9.87. The number of anilines is 1. The van der Waals surface area contributed by atoms with Crippen LogP contribution in [-0.4, -0.2) is 35.9 Å². The van der Waals surface area contributed by atoms with E-state index in [1.165, 1.54) is 0 Å². The highest BCUT2D eigenvalue weighted by Gasteiger charge is 2.32. The largest absolute Gasteiger partial charge is 0.465 e. The van der Waals surface area contributed by atoms with Gasteiger partial charge in [-0.15, -0.1) is 0 Å².